The van der Waals surface area contributed by atoms with E-state index in [1.54, 1.807) is 12.1 Å². The Hall–Kier alpha value is -4.35. The number of hydrogen-bond acceptors (Lipinski definition) is 10. The third-order valence-corrected chi connectivity index (χ3v) is 13.7. The van der Waals surface area contributed by atoms with E-state index >= 15 is 0 Å². The number of rotatable bonds is 15. The predicted molar refractivity (Wildman–Crippen MR) is 237 cm³/mol. The fourth-order valence-electron chi connectivity index (χ4n) is 9.60. The molecule has 2 aromatic rings. The first kappa shape index (κ1) is 47.1. The minimum Gasteiger partial charge on any atom is -0.403 e. The van der Waals surface area contributed by atoms with Crippen LogP contribution in [0.2, 0.25) is 0 Å². The first-order valence-corrected chi connectivity index (χ1v) is 22.7. The number of carbonyl (C=O) groups is 5. The molecule has 9 atom stereocenters. The van der Waals surface area contributed by atoms with Gasteiger partial charge >= 0.3 is 7.12 Å². The quantitative estimate of drug-likeness (QED) is 0.0787. The molecule has 9 unspecified atom stereocenters. The van der Waals surface area contributed by atoms with Crippen molar-refractivity contribution in [1.29, 1.82) is 0 Å². The van der Waals surface area contributed by atoms with Gasteiger partial charge in [0.25, 0.3) is 5.91 Å². The van der Waals surface area contributed by atoms with Crippen molar-refractivity contribution in [3.05, 3.63) is 59.7 Å². The molecule has 0 radical (unpaired) electrons. The average Bonchev–Trinajstić information content (AvgIpc) is 3.63. The number of amides is 5. The molecule has 0 spiro atoms. The van der Waals surface area contributed by atoms with Gasteiger partial charge in [-0.15, -0.1) is 0 Å². The largest absolute Gasteiger partial charge is 0.497 e. The SMILES string of the molecule is CCCCc1ccc(-c2ccc(C(=O)NC(CCCCN)C(=O)NC3COCCCCC(C(=O)NC(N)B4OC5CC6CC(C6(C)C)C5(C)O4)NC(=O)C(C)NC3=O)cc2)cc1. The zero-order valence-corrected chi connectivity index (χ0v) is 37.1. The number of aryl methyl sites for hydroxylation is 1. The van der Waals surface area contributed by atoms with Crippen molar-refractivity contribution in [3.63, 3.8) is 0 Å². The van der Waals surface area contributed by atoms with Crippen molar-refractivity contribution in [2.24, 2.45) is 28.7 Å². The second kappa shape index (κ2) is 20.9. The third kappa shape index (κ3) is 11.1. The van der Waals surface area contributed by atoms with Gasteiger partial charge in [0, 0.05) is 12.2 Å². The number of carbonyl (C=O) groups excluding carboxylic acids is 5. The van der Waals surface area contributed by atoms with Gasteiger partial charge in [0.15, 0.2) is 0 Å². The van der Waals surface area contributed by atoms with Crippen molar-refractivity contribution < 1.29 is 38.0 Å². The summed E-state index contributed by atoms with van der Waals surface area (Å²) in [6.07, 6.45) is 7.97. The van der Waals surface area contributed by atoms with Gasteiger partial charge in [-0.25, -0.2) is 0 Å². The van der Waals surface area contributed by atoms with Crippen molar-refractivity contribution in [3.8, 4) is 11.1 Å². The number of nitrogens with one attached hydrogen (secondary N) is 5. The van der Waals surface area contributed by atoms with Crippen molar-refractivity contribution >= 4 is 36.7 Å². The number of nitrogens with two attached hydrogens (primary N) is 2. The van der Waals surface area contributed by atoms with Gasteiger partial charge in [-0.3, -0.25) is 24.0 Å². The Bertz CT molecular complexity index is 1880. The minimum absolute atomic E-state index is 0.108. The molecule has 5 amide bonds. The molecule has 2 heterocycles. The van der Waals surface area contributed by atoms with Gasteiger partial charge < -0.3 is 52.1 Å². The van der Waals surface area contributed by atoms with Crippen LogP contribution in [0.1, 0.15) is 115 Å². The highest BCUT2D eigenvalue weighted by Crippen LogP contribution is 2.65. The summed E-state index contributed by atoms with van der Waals surface area (Å²) in [5, 5.41) is 13.8. The highest BCUT2D eigenvalue weighted by Gasteiger charge is 2.68. The normalized spacial score (nSPS) is 28.3. The van der Waals surface area contributed by atoms with E-state index < -0.39 is 72.5 Å². The summed E-state index contributed by atoms with van der Waals surface area (Å²) in [5.41, 5.74) is 15.5. The summed E-state index contributed by atoms with van der Waals surface area (Å²) in [6.45, 7) is 10.8. The lowest BCUT2D eigenvalue weighted by Crippen LogP contribution is -2.65. The molecule has 2 aliphatic heterocycles. The van der Waals surface area contributed by atoms with E-state index in [9.17, 15) is 24.0 Å². The molecule has 9 N–H and O–H groups in total. The molecule has 338 valence electrons. The zero-order valence-electron chi connectivity index (χ0n) is 37.1. The Morgan fingerprint density at radius 1 is 0.919 bits per heavy atom. The van der Waals surface area contributed by atoms with Crippen molar-refractivity contribution in [2.75, 3.05) is 19.8 Å². The Kier molecular flexibility index (Phi) is 15.9. The van der Waals surface area contributed by atoms with Crippen molar-refractivity contribution in [2.45, 2.75) is 147 Å². The highest BCUT2D eigenvalue weighted by molar-refractivity contribution is 6.47. The molecule has 16 heteroatoms. The van der Waals surface area contributed by atoms with Gasteiger partial charge in [0.1, 0.15) is 30.2 Å². The second-order valence-electron chi connectivity index (χ2n) is 18.5. The van der Waals surface area contributed by atoms with Crippen LogP contribution in [0.25, 0.3) is 11.1 Å². The van der Waals surface area contributed by atoms with E-state index in [0.717, 1.165) is 43.2 Å². The van der Waals surface area contributed by atoms with Crippen LogP contribution < -0.4 is 38.1 Å². The summed E-state index contributed by atoms with van der Waals surface area (Å²) in [6, 6.07) is 10.5. The maximum Gasteiger partial charge on any atom is 0.497 e. The van der Waals surface area contributed by atoms with Crippen LogP contribution >= 0.6 is 0 Å². The molecule has 5 aliphatic rings. The molecule has 62 heavy (non-hydrogen) atoms. The number of unbranched alkanes of at least 4 members (excludes halogenated alkanes) is 2. The van der Waals surface area contributed by atoms with E-state index in [1.165, 1.54) is 12.5 Å². The van der Waals surface area contributed by atoms with Crippen LogP contribution in [-0.2, 0) is 39.6 Å². The Morgan fingerprint density at radius 3 is 2.31 bits per heavy atom. The fourth-order valence-corrected chi connectivity index (χ4v) is 9.60. The molecule has 7 rings (SSSR count). The molecular formula is C46H68BN7O8. The zero-order chi connectivity index (χ0) is 44.6. The number of ether oxygens (including phenoxy) is 1. The fraction of sp³-hybridized carbons (Fsp3) is 0.630. The molecule has 3 saturated carbocycles. The lowest BCUT2D eigenvalue weighted by Gasteiger charge is -2.64. The van der Waals surface area contributed by atoms with Crippen LogP contribution in [0.5, 0.6) is 0 Å². The van der Waals surface area contributed by atoms with Gasteiger partial charge in [-0.2, -0.15) is 0 Å². The minimum atomic E-state index is -1.18. The van der Waals surface area contributed by atoms with E-state index in [2.05, 4.69) is 78.5 Å². The summed E-state index contributed by atoms with van der Waals surface area (Å²) in [4.78, 5) is 68.0. The number of benzene rings is 2. The predicted octanol–water partition coefficient (Wildman–Crippen LogP) is 3.27. The molecule has 2 bridgehead atoms. The van der Waals surface area contributed by atoms with E-state index in [0.29, 0.717) is 49.6 Å². The number of hydrogen-bond donors (Lipinski definition) is 7. The molecule has 2 aromatic carbocycles. The maximum absolute atomic E-state index is 13.8. The lowest BCUT2D eigenvalue weighted by molar-refractivity contribution is -0.199. The monoisotopic (exact) mass is 858 g/mol. The Morgan fingerprint density at radius 2 is 1.63 bits per heavy atom. The van der Waals surface area contributed by atoms with Gasteiger partial charge in [0.05, 0.1) is 18.3 Å². The molecule has 15 nitrogen and oxygen atoms in total. The highest BCUT2D eigenvalue weighted by atomic mass is 16.7. The Labute approximate surface area is 366 Å². The molecule has 3 aliphatic carbocycles. The van der Waals surface area contributed by atoms with Crippen molar-refractivity contribution in [1.82, 2.24) is 26.6 Å². The molecular weight excluding hydrogens is 789 g/mol. The van der Waals surface area contributed by atoms with Gasteiger partial charge in [-0.1, -0.05) is 63.6 Å². The third-order valence-electron chi connectivity index (χ3n) is 13.7. The van der Waals surface area contributed by atoms with E-state index in [1.807, 2.05) is 12.1 Å². The van der Waals surface area contributed by atoms with Gasteiger partial charge in [0.2, 0.25) is 23.6 Å². The van der Waals surface area contributed by atoms with Crippen LogP contribution in [0.3, 0.4) is 0 Å². The summed E-state index contributed by atoms with van der Waals surface area (Å²) in [5.74, 6) is -1.86. The van der Waals surface area contributed by atoms with Crippen LogP contribution in [0.4, 0.5) is 0 Å². The first-order chi connectivity index (χ1) is 29.6. The topological polar surface area (TPSA) is 225 Å². The second-order valence-corrected chi connectivity index (χ2v) is 18.5. The van der Waals surface area contributed by atoms with E-state index in [-0.39, 0.29) is 37.6 Å². The summed E-state index contributed by atoms with van der Waals surface area (Å²) in [7, 11) is -0.836. The smallest absolute Gasteiger partial charge is 0.403 e. The first-order valence-electron chi connectivity index (χ1n) is 22.7. The van der Waals surface area contributed by atoms with E-state index in [4.69, 9.17) is 25.5 Å². The summed E-state index contributed by atoms with van der Waals surface area (Å²) < 4.78 is 18.6. The average molecular weight is 858 g/mol. The van der Waals surface area contributed by atoms with Gasteiger partial charge in [-0.05, 0) is 131 Å². The van der Waals surface area contributed by atoms with Crippen LogP contribution in [-0.4, -0.2) is 98.4 Å². The standard InChI is InChI=1S/C46H68BN7O8/c1-6-7-12-29-15-17-30(18-16-29)31-19-21-32(22-20-31)40(56)52-34(13-8-10-23-48)41(57)53-36-27-60-24-11-9-14-35(51-39(55)28(2)50-43(36)59)42(58)54-44(49)47-61-38-26-33-25-37(45(33,3)4)46(38,5)62-47/h15-22,28,33-38,44H,6-14,23-27,48-49H2,1-5H3,(H,50,59)(H,51,55)(H,52,56)(H,53,57)(H,54,58). The lowest BCUT2D eigenvalue weighted by atomic mass is 9.43. The maximum atomic E-state index is 13.8. The molecule has 0 aromatic heterocycles. The molecule has 2 saturated heterocycles. The molecule has 5 fully saturated rings. The van der Waals surface area contributed by atoms with Crippen LogP contribution in [0, 0.1) is 17.3 Å². The van der Waals surface area contributed by atoms with Crippen LogP contribution in [0.15, 0.2) is 48.5 Å². The summed E-state index contributed by atoms with van der Waals surface area (Å²) >= 11 is 0. The Balaban J connectivity index is 1.04.